The molecule has 28 heavy (non-hydrogen) atoms. The van der Waals surface area contributed by atoms with Gasteiger partial charge in [-0.05, 0) is 70.6 Å². The third-order valence-electron chi connectivity index (χ3n) is 6.29. The van der Waals surface area contributed by atoms with Crippen LogP contribution in [0.2, 0.25) is 0 Å². The summed E-state index contributed by atoms with van der Waals surface area (Å²) in [7, 11) is -3.39. The van der Waals surface area contributed by atoms with Gasteiger partial charge in [0.2, 0.25) is 0 Å². The monoisotopic (exact) mass is 399 g/mol. The van der Waals surface area contributed by atoms with Gasteiger partial charge in [-0.3, -0.25) is 5.41 Å². The molecule has 1 aromatic heterocycles. The van der Waals surface area contributed by atoms with Gasteiger partial charge >= 0.3 is 0 Å². The zero-order valence-electron chi connectivity index (χ0n) is 16.6. The Labute approximate surface area is 165 Å². The van der Waals surface area contributed by atoms with Gasteiger partial charge in [0.15, 0.2) is 15.4 Å². The van der Waals surface area contributed by atoms with Gasteiger partial charge in [-0.25, -0.2) is 8.42 Å². The van der Waals surface area contributed by atoms with Crippen LogP contribution in [0.25, 0.3) is 11.0 Å². The Bertz CT molecular complexity index is 1140. The number of hydrogen-bond acceptors (Lipinski definition) is 5. The molecule has 2 fully saturated rings. The third-order valence-corrected chi connectivity index (χ3v) is 9.03. The fourth-order valence-electron chi connectivity index (χ4n) is 4.26. The van der Waals surface area contributed by atoms with Crippen molar-refractivity contribution in [2.75, 3.05) is 5.75 Å². The highest BCUT2D eigenvalue weighted by molar-refractivity contribution is 7.93. The first-order valence-electron chi connectivity index (χ1n) is 9.48. The first-order valence-corrected chi connectivity index (χ1v) is 11.1. The lowest BCUT2D eigenvalue weighted by Gasteiger charge is -2.43. The summed E-state index contributed by atoms with van der Waals surface area (Å²) in [6.07, 6.45) is 1.64. The normalized spacial score (nSPS) is 30.4. The maximum atomic E-state index is 12.7. The molecule has 0 spiro atoms. The van der Waals surface area contributed by atoms with Crippen LogP contribution in [0, 0.1) is 29.1 Å². The van der Waals surface area contributed by atoms with Gasteiger partial charge in [0.1, 0.15) is 10.6 Å². The Morgan fingerprint density at radius 1 is 1.36 bits per heavy atom. The lowest BCUT2D eigenvalue weighted by molar-refractivity contribution is 0.358. The molecule has 1 aromatic carbocycles. The molecule has 3 atom stereocenters. The van der Waals surface area contributed by atoms with Crippen LogP contribution in [-0.2, 0) is 16.3 Å². The van der Waals surface area contributed by atoms with Gasteiger partial charge in [0, 0.05) is 10.9 Å². The van der Waals surface area contributed by atoms with Crippen LogP contribution in [0.1, 0.15) is 45.4 Å². The summed E-state index contributed by atoms with van der Waals surface area (Å²) >= 11 is 0. The van der Waals surface area contributed by atoms with Gasteiger partial charge in [-0.2, -0.15) is 0 Å². The molecule has 0 radical (unpaired) electrons. The lowest BCUT2D eigenvalue weighted by atomic mass is 9.93. The molecule has 0 unspecified atom stereocenters. The topological polar surface area (TPSA) is 96.1 Å². The Balaban J connectivity index is 1.55. The highest BCUT2D eigenvalue weighted by Crippen LogP contribution is 2.51. The largest absolute Gasteiger partial charge is 0.366 e. The summed E-state index contributed by atoms with van der Waals surface area (Å²) in [5.74, 6) is 6.59. The van der Waals surface area contributed by atoms with Crippen LogP contribution in [-0.4, -0.2) is 35.4 Å². The molecule has 6 nitrogen and oxygen atoms in total. The minimum atomic E-state index is -3.39. The molecule has 4 rings (SSSR count). The number of sulfone groups is 1. The van der Waals surface area contributed by atoms with Crippen molar-refractivity contribution in [3.63, 3.8) is 0 Å². The second kappa shape index (κ2) is 6.08. The van der Waals surface area contributed by atoms with Crippen molar-refractivity contribution in [3.05, 3.63) is 29.5 Å². The maximum Gasteiger partial charge on any atom is 0.167 e. The van der Waals surface area contributed by atoms with Crippen molar-refractivity contribution in [2.24, 2.45) is 11.8 Å². The number of aromatic nitrogens is 1. The molecule has 1 saturated heterocycles. The summed E-state index contributed by atoms with van der Waals surface area (Å²) in [5, 5.41) is 16.6. The summed E-state index contributed by atoms with van der Waals surface area (Å²) in [6.45, 7) is 6.92. The van der Waals surface area contributed by atoms with Crippen LogP contribution in [0.5, 0.6) is 0 Å². The number of benzene rings is 1. The molecule has 1 saturated carbocycles. The average Bonchev–Trinajstić information content (AvgIpc) is 3.28. The van der Waals surface area contributed by atoms with E-state index in [1.165, 1.54) is 0 Å². The van der Waals surface area contributed by atoms with Crippen molar-refractivity contribution < 1.29 is 12.9 Å². The molecule has 1 aliphatic heterocycles. The number of rotatable bonds is 3. The fraction of sp³-hybridized carbons (Fsp3) is 0.524. The van der Waals surface area contributed by atoms with E-state index >= 15 is 0 Å². The Kier molecular flexibility index (Phi) is 4.13. The molecule has 148 valence electrons. The van der Waals surface area contributed by atoms with E-state index in [1.54, 1.807) is 20.8 Å². The predicted octanol–water partition coefficient (Wildman–Crippen LogP) is 2.91. The smallest absolute Gasteiger partial charge is 0.167 e. The molecule has 2 N–H and O–H groups in total. The van der Waals surface area contributed by atoms with E-state index in [2.05, 4.69) is 22.3 Å². The lowest BCUT2D eigenvalue weighted by Crippen LogP contribution is -2.66. The standard InChI is InChI=1S/C21H25N3O3S/c1-5-6-13-7-8-18-15(9-13)17(24-27-18)11-14-10-16(14)21(4)12-28(25,26)20(2,3)19(22)23-21/h7-9,14,16H,10-12H2,1-4H3,(H2,22,23)/t14-,16-,21+/m1/s1. The average molecular weight is 400 g/mol. The number of hydrogen-bond donors (Lipinski definition) is 2. The van der Waals surface area contributed by atoms with E-state index in [9.17, 15) is 8.42 Å². The second-order valence-corrected chi connectivity index (χ2v) is 11.2. The third kappa shape index (κ3) is 2.91. The molecule has 2 heterocycles. The van der Waals surface area contributed by atoms with Gasteiger partial charge in [-0.15, -0.1) is 5.92 Å². The number of fused-ring (bicyclic) bond motifs is 1. The number of amidine groups is 1. The Morgan fingerprint density at radius 2 is 2.11 bits per heavy atom. The van der Waals surface area contributed by atoms with E-state index in [-0.39, 0.29) is 17.5 Å². The predicted molar refractivity (Wildman–Crippen MR) is 109 cm³/mol. The number of nitrogens with one attached hydrogen (secondary N) is 2. The molecule has 1 aliphatic carbocycles. The quantitative estimate of drug-likeness (QED) is 0.774. The highest BCUT2D eigenvalue weighted by atomic mass is 32.2. The molecule has 0 bridgehead atoms. The first kappa shape index (κ1) is 19.0. The van der Waals surface area contributed by atoms with Crippen LogP contribution < -0.4 is 5.32 Å². The van der Waals surface area contributed by atoms with Gasteiger partial charge < -0.3 is 9.84 Å². The van der Waals surface area contributed by atoms with E-state index in [1.807, 2.05) is 25.1 Å². The van der Waals surface area contributed by atoms with Crippen molar-refractivity contribution in [2.45, 2.75) is 50.8 Å². The Hall–Kier alpha value is -2.33. The molecule has 7 heteroatoms. The second-order valence-electron chi connectivity index (χ2n) is 8.71. The van der Waals surface area contributed by atoms with Gasteiger partial charge in [0.25, 0.3) is 0 Å². The van der Waals surface area contributed by atoms with E-state index < -0.39 is 20.1 Å². The van der Waals surface area contributed by atoms with Gasteiger partial charge in [0.05, 0.1) is 17.0 Å². The summed E-state index contributed by atoms with van der Waals surface area (Å²) in [4.78, 5) is 0. The zero-order valence-corrected chi connectivity index (χ0v) is 17.4. The first-order chi connectivity index (χ1) is 13.1. The van der Waals surface area contributed by atoms with E-state index in [4.69, 9.17) is 9.93 Å². The van der Waals surface area contributed by atoms with Crippen molar-refractivity contribution in [1.29, 1.82) is 5.41 Å². The van der Waals surface area contributed by atoms with Crippen molar-refractivity contribution in [1.82, 2.24) is 10.5 Å². The summed E-state index contributed by atoms with van der Waals surface area (Å²) < 4.78 is 29.8. The number of nitrogens with zero attached hydrogens (tertiary/aromatic N) is 1. The van der Waals surface area contributed by atoms with Gasteiger partial charge in [-0.1, -0.05) is 11.1 Å². The van der Waals surface area contributed by atoms with E-state index in [0.717, 1.165) is 35.1 Å². The SMILES string of the molecule is CC#Cc1ccc2onc(C[C@H]3C[C@H]3[C@]3(C)CS(=O)(=O)C(C)(C)C(=N)N3)c2c1. The molecule has 0 amide bonds. The molecular weight excluding hydrogens is 374 g/mol. The minimum Gasteiger partial charge on any atom is -0.366 e. The maximum absolute atomic E-state index is 12.7. The highest BCUT2D eigenvalue weighted by Gasteiger charge is 2.58. The molecule has 2 aromatic rings. The van der Waals surface area contributed by atoms with Crippen molar-refractivity contribution in [3.8, 4) is 11.8 Å². The molecule has 2 aliphatic rings. The zero-order chi connectivity index (χ0) is 20.3. The summed E-state index contributed by atoms with van der Waals surface area (Å²) in [6, 6.07) is 5.80. The van der Waals surface area contributed by atoms with E-state index in [0.29, 0.717) is 5.92 Å². The Morgan fingerprint density at radius 3 is 2.79 bits per heavy atom. The van der Waals surface area contributed by atoms with Crippen LogP contribution >= 0.6 is 0 Å². The van der Waals surface area contributed by atoms with Crippen LogP contribution in [0.4, 0.5) is 0 Å². The van der Waals surface area contributed by atoms with Crippen LogP contribution in [0.3, 0.4) is 0 Å². The van der Waals surface area contributed by atoms with Crippen LogP contribution in [0.15, 0.2) is 22.7 Å². The minimum absolute atomic E-state index is 0.0480. The summed E-state index contributed by atoms with van der Waals surface area (Å²) in [5.41, 5.74) is 1.94. The molecular formula is C21H25N3O3S. The fourth-order valence-corrected chi connectivity index (χ4v) is 6.06. The van der Waals surface area contributed by atoms with Crippen molar-refractivity contribution >= 4 is 26.6 Å².